The summed E-state index contributed by atoms with van der Waals surface area (Å²) in [5, 5.41) is 3.04. The first-order valence-corrected chi connectivity index (χ1v) is 5.73. The molecule has 0 spiro atoms. The maximum Gasteiger partial charge on any atom is 0.401 e. The first-order chi connectivity index (χ1) is 8.46. The van der Waals surface area contributed by atoms with Crippen LogP contribution in [0.4, 0.5) is 17.6 Å². The van der Waals surface area contributed by atoms with E-state index in [-0.39, 0.29) is 12.4 Å². The van der Waals surface area contributed by atoms with Gasteiger partial charge in [0, 0.05) is 25.7 Å². The topological polar surface area (TPSA) is 15.3 Å². The molecule has 1 heterocycles. The molecule has 1 aromatic carbocycles. The monoisotopic (exact) mass is 298 g/mol. The predicted octanol–water partition coefficient (Wildman–Crippen LogP) is 2.76. The second kappa shape index (κ2) is 6.54. The van der Waals surface area contributed by atoms with Gasteiger partial charge in [-0.15, -0.1) is 12.4 Å². The Morgan fingerprint density at radius 2 is 2.05 bits per heavy atom. The minimum atomic E-state index is -4.23. The highest BCUT2D eigenvalue weighted by molar-refractivity contribution is 5.85. The molecule has 108 valence electrons. The third kappa shape index (κ3) is 4.63. The summed E-state index contributed by atoms with van der Waals surface area (Å²) in [6, 6.07) is 5.32. The maximum atomic E-state index is 13.1. The van der Waals surface area contributed by atoms with Gasteiger partial charge in [0.1, 0.15) is 5.82 Å². The Kier molecular flexibility index (Phi) is 5.58. The van der Waals surface area contributed by atoms with Gasteiger partial charge in [-0.05, 0) is 17.7 Å². The molecule has 19 heavy (non-hydrogen) atoms. The lowest BCUT2D eigenvalue weighted by Gasteiger charge is -2.36. The van der Waals surface area contributed by atoms with Crippen molar-refractivity contribution in [3.8, 4) is 0 Å². The number of nitrogens with one attached hydrogen (secondary N) is 1. The van der Waals surface area contributed by atoms with E-state index in [1.54, 1.807) is 6.07 Å². The summed E-state index contributed by atoms with van der Waals surface area (Å²) < 4.78 is 50.5. The summed E-state index contributed by atoms with van der Waals surface area (Å²) in [6.45, 7) is 0.262. The maximum absolute atomic E-state index is 13.1. The van der Waals surface area contributed by atoms with E-state index < -0.39 is 24.6 Å². The average molecular weight is 299 g/mol. The molecule has 1 fully saturated rings. The summed E-state index contributed by atoms with van der Waals surface area (Å²) in [6.07, 6.45) is -4.23. The van der Waals surface area contributed by atoms with Gasteiger partial charge < -0.3 is 5.32 Å². The first-order valence-electron chi connectivity index (χ1n) is 5.73. The molecule has 1 unspecified atom stereocenters. The standard InChI is InChI=1S/C12H14F4N2.ClH/c13-10-3-1-2-9(6-10)11-7-17-4-5-18(11)8-12(14,15)16;/h1-3,6,11,17H,4-5,7-8H2;1H. The van der Waals surface area contributed by atoms with E-state index in [4.69, 9.17) is 0 Å². The van der Waals surface area contributed by atoms with Gasteiger partial charge in [-0.3, -0.25) is 4.90 Å². The van der Waals surface area contributed by atoms with Gasteiger partial charge in [-0.25, -0.2) is 4.39 Å². The fourth-order valence-electron chi connectivity index (χ4n) is 2.21. The molecule has 2 rings (SSSR count). The van der Waals surface area contributed by atoms with E-state index in [0.29, 0.717) is 25.2 Å². The van der Waals surface area contributed by atoms with Gasteiger partial charge >= 0.3 is 6.18 Å². The first kappa shape index (κ1) is 16.2. The molecule has 0 saturated carbocycles. The number of hydrogen-bond donors (Lipinski definition) is 1. The van der Waals surface area contributed by atoms with Gasteiger partial charge in [0.15, 0.2) is 0 Å². The van der Waals surface area contributed by atoms with Crippen molar-refractivity contribution in [3.63, 3.8) is 0 Å². The van der Waals surface area contributed by atoms with Crippen LogP contribution in [-0.2, 0) is 0 Å². The lowest BCUT2D eigenvalue weighted by Crippen LogP contribution is -2.49. The predicted molar refractivity (Wildman–Crippen MR) is 66.9 cm³/mol. The molecule has 1 N–H and O–H groups in total. The van der Waals surface area contributed by atoms with E-state index in [1.807, 2.05) is 0 Å². The zero-order valence-electron chi connectivity index (χ0n) is 10.1. The van der Waals surface area contributed by atoms with Gasteiger partial charge in [0.25, 0.3) is 0 Å². The Hall–Kier alpha value is -0.850. The summed E-state index contributed by atoms with van der Waals surface area (Å²) >= 11 is 0. The van der Waals surface area contributed by atoms with Crippen LogP contribution in [-0.4, -0.2) is 37.3 Å². The van der Waals surface area contributed by atoms with Crippen molar-refractivity contribution < 1.29 is 17.6 Å². The number of rotatable bonds is 2. The van der Waals surface area contributed by atoms with Crippen molar-refractivity contribution in [2.45, 2.75) is 12.2 Å². The quantitative estimate of drug-likeness (QED) is 0.845. The lowest BCUT2D eigenvalue weighted by atomic mass is 10.0. The molecule has 0 amide bonds. The largest absolute Gasteiger partial charge is 0.401 e. The highest BCUT2D eigenvalue weighted by atomic mass is 35.5. The van der Waals surface area contributed by atoms with E-state index in [1.165, 1.54) is 23.1 Å². The summed E-state index contributed by atoms with van der Waals surface area (Å²) in [5.74, 6) is -0.426. The zero-order valence-corrected chi connectivity index (χ0v) is 10.9. The van der Waals surface area contributed by atoms with Crippen molar-refractivity contribution in [1.29, 1.82) is 0 Å². The van der Waals surface area contributed by atoms with Crippen molar-refractivity contribution in [3.05, 3.63) is 35.6 Å². The molecule has 1 aliphatic rings. The molecule has 2 nitrogen and oxygen atoms in total. The number of nitrogens with zero attached hydrogens (tertiary/aromatic N) is 1. The minimum absolute atomic E-state index is 0. The summed E-state index contributed by atoms with van der Waals surface area (Å²) in [4.78, 5) is 1.34. The molecular formula is C12H15ClF4N2. The third-order valence-corrected chi connectivity index (χ3v) is 2.97. The molecular weight excluding hydrogens is 284 g/mol. The Morgan fingerprint density at radius 1 is 1.32 bits per heavy atom. The number of benzene rings is 1. The Labute approximate surface area is 115 Å². The van der Waals surface area contributed by atoms with Crippen LogP contribution in [0.15, 0.2) is 24.3 Å². The molecule has 1 atom stereocenters. The summed E-state index contributed by atoms with van der Waals surface area (Å²) in [7, 11) is 0. The van der Waals surface area contributed by atoms with Crippen LogP contribution < -0.4 is 5.32 Å². The summed E-state index contributed by atoms with van der Waals surface area (Å²) in [5.41, 5.74) is 0.575. The molecule has 0 radical (unpaired) electrons. The van der Waals surface area contributed by atoms with E-state index in [0.717, 1.165) is 0 Å². The smallest absolute Gasteiger partial charge is 0.314 e. The highest BCUT2D eigenvalue weighted by Crippen LogP contribution is 2.27. The SMILES string of the molecule is Cl.Fc1cccc(C2CNCCN2CC(F)(F)F)c1. The number of hydrogen-bond acceptors (Lipinski definition) is 2. The van der Waals surface area contributed by atoms with Crippen molar-refractivity contribution >= 4 is 12.4 Å². The highest BCUT2D eigenvalue weighted by Gasteiger charge is 2.35. The van der Waals surface area contributed by atoms with Crippen molar-refractivity contribution in [2.75, 3.05) is 26.2 Å². The lowest BCUT2D eigenvalue weighted by molar-refractivity contribution is -0.152. The minimum Gasteiger partial charge on any atom is -0.314 e. The third-order valence-electron chi connectivity index (χ3n) is 2.97. The Bertz CT molecular complexity index is 411. The van der Waals surface area contributed by atoms with Gasteiger partial charge in [0.2, 0.25) is 0 Å². The second-order valence-corrected chi connectivity index (χ2v) is 4.36. The van der Waals surface area contributed by atoms with Crippen LogP contribution in [0.3, 0.4) is 0 Å². The van der Waals surface area contributed by atoms with Gasteiger partial charge in [0.05, 0.1) is 6.54 Å². The fraction of sp³-hybridized carbons (Fsp3) is 0.500. The zero-order chi connectivity index (χ0) is 13.2. The second-order valence-electron chi connectivity index (χ2n) is 4.36. The molecule has 1 saturated heterocycles. The van der Waals surface area contributed by atoms with Crippen LogP contribution in [0.2, 0.25) is 0 Å². The fourth-order valence-corrected chi connectivity index (χ4v) is 2.21. The van der Waals surface area contributed by atoms with Crippen molar-refractivity contribution in [1.82, 2.24) is 10.2 Å². The molecule has 0 bridgehead atoms. The molecule has 1 aromatic rings. The molecule has 0 aliphatic carbocycles. The van der Waals surface area contributed by atoms with E-state index in [2.05, 4.69) is 5.32 Å². The van der Waals surface area contributed by atoms with E-state index >= 15 is 0 Å². The van der Waals surface area contributed by atoms with E-state index in [9.17, 15) is 17.6 Å². The van der Waals surface area contributed by atoms with Gasteiger partial charge in [-0.2, -0.15) is 13.2 Å². The normalized spacial score (nSPS) is 20.9. The number of halogens is 5. The Balaban J connectivity index is 0.00000180. The number of piperazine rings is 1. The molecule has 0 aromatic heterocycles. The van der Waals surface area contributed by atoms with Crippen LogP contribution in [0.1, 0.15) is 11.6 Å². The van der Waals surface area contributed by atoms with Crippen LogP contribution in [0.5, 0.6) is 0 Å². The van der Waals surface area contributed by atoms with Gasteiger partial charge in [-0.1, -0.05) is 12.1 Å². The molecule has 1 aliphatic heterocycles. The van der Waals surface area contributed by atoms with Crippen LogP contribution >= 0.6 is 12.4 Å². The Morgan fingerprint density at radius 3 is 2.68 bits per heavy atom. The van der Waals surface area contributed by atoms with Crippen LogP contribution in [0, 0.1) is 5.82 Å². The molecule has 7 heteroatoms. The van der Waals surface area contributed by atoms with Crippen molar-refractivity contribution in [2.24, 2.45) is 0 Å². The average Bonchev–Trinajstić information content (AvgIpc) is 2.27. The number of alkyl halides is 3. The van der Waals surface area contributed by atoms with Crippen LogP contribution in [0.25, 0.3) is 0 Å².